The Hall–Kier alpha value is -3.38. The number of nitrogens with one attached hydrogen (secondary N) is 2. The Morgan fingerprint density at radius 2 is 2.06 bits per heavy atom. The summed E-state index contributed by atoms with van der Waals surface area (Å²) in [5.41, 5.74) is 0.212. The van der Waals surface area contributed by atoms with Gasteiger partial charge in [0.05, 0.1) is 31.0 Å². The van der Waals surface area contributed by atoms with Crippen LogP contribution < -0.4 is 10.0 Å². The number of anilines is 1. The van der Waals surface area contributed by atoms with E-state index < -0.39 is 10.2 Å². The molecule has 0 radical (unpaired) electrons. The summed E-state index contributed by atoms with van der Waals surface area (Å²) in [5, 5.41) is 13.4. The van der Waals surface area contributed by atoms with Gasteiger partial charge in [0.15, 0.2) is 17.4 Å². The van der Waals surface area contributed by atoms with Crippen LogP contribution in [0.4, 0.5) is 5.69 Å². The van der Waals surface area contributed by atoms with Crippen LogP contribution in [0.1, 0.15) is 21.9 Å². The molecule has 12 heteroatoms. The Morgan fingerprint density at radius 1 is 1.29 bits per heavy atom. The average Bonchev–Trinajstić information content (AvgIpc) is 3.29. The highest BCUT2D eigenvalue weighted by molar-refractivity contribution is 7.89. The molecule has 2 aliphatic heterocycles. The van der Waals surface area contributed by atoms with Gasteiger partial charge in [-0.2, -0.15) is 8.42 Å². The number of carbonyl (C=O) groups is 1. The van der Waals surface area contributed by atoms with E-state index in [1.165, 1.54) is 12.1 Å². The number of morpholine rings is 1. The summed E-state index contributed by atoms with van der Waals surface area (Å²) in [6, 6.07) is 8.09. The van der Waals surface area contributed by atoms with Gasteiger partial charge in [-0.05, 0) is 31.2 Å². The Bertz CT molecular complexity index is 1160. The van der Waals surface area contributed by atoms with E-state index in [2.05, 4.69) is 19.4 Å². The van der Waals surface area contributed by atoms with Gasteiger partial charge < -0.3 is 24.5 Å². The lowest BCUT2D eigenvalue weighted by atomic mass is 10.1. The lowest BCUT2D eigenvalue weighted by Gasteiger charge is -2.27. The Kier molecular flexibility index (Phi) is 5.65. The molecule has 0 aliphatic carbocycles. The number of furan rings is 1. The van der Waals surface area contributed by atoms with Crippen molar-refractivity contribution in [3.63, 3.8) is 0 Å². The number of aryl methyl sites for hydroxylation is 1. The normalized spacial score (nSPS) is 19.2. The number of phenolic OH excluding ortho intramolecular Hbond substituents is 1. The van der Waals surface area contributed by atoms with Crippen molar-refractivity contribution in [3.8, 4) is 5.75 Å². The molecular formula is C19H21N5O6S. The van der Waals surface area contributed by atoms with Gasteiger partial charge in [-0.15, -0.1) is 4.40 Å². The molecule has 0 atom stereocenters. The summed E-state index contributed by atoms with van der Waals surface area (Å²) in [4.78, 5) is 18.5. The van der Waals surface area contributed by atoms with Crippen LogP contribution >= 0.6 is 0 Å². The SMILES string of the molecule is Cc1ccc(CN=C2NS(=O)(=O)N=C2Nc2cccc(C(=O)N3CCOCC3)c2O)o1. The fourth-order valence-corrected chi connectivity index (χ4v) is 3.98. The number of benzene rings is 1. The van der Waals surface area contributed by atoms with Crippen molar-refractivity contribution in [1.29, 1.82) is 0 Å². The van der Waals surface area contributed by atoms with Gasteiger partial charge in [0, 0.05) is 13.1 Å². The third-order valence-electron chi connectivity index (χ3n) is 4.67. The maximum Gasteiger partial charge on any atom is 0.345 e. The zero-order chi connectivity index (χ0) is 22.0. The molecule has 0 bridgehead atoms. The van der Waals surface area contributed by atoms with Gasteiger partial charge in [-0.25, -0.2) is 4.72 Å². The second-order valence-electron chi connectivity index (χ2n) is 6.93. The predicted octanol–water partition coefficient (Wildman–Crippen LogP) is 1.02. The number of ether oxygens (including phenoxy) is 1. The van der Waals surface area contributed by atoms with Crippen molar-refractivity contribution in [3.05, 3.63) is 47.4 Å². The molecular weight excluding hydrogens is 426 g/mol. The minimum absolute atomic E-state index is 0.0293. The number of amidine groups is 2. The van der Waals surface area contributed by atoms with E-state index in [-0.39, 0.29) is 41.1 Å². The van der Waals surface area contributed by atoms with Gasteiger partial charge >= 0.3 is 10.2 Å². The van der Waals surface area contributed by atoms with E-state index in [0.717, 1.165) is 0 Å². The highest BCUT2D eigenvalue weighted by atomic mass is 32.2. The molecule has 1 aromatic carbocycles. The molecule has 1 aromatic heterocycles. The van der Waals surface area contributed by atoms with Crippen molar-refractivity contribution >= 4 is 33.5 Å². The van der Waals surface area contributed by atoms with Crippen molar-refractivity contribution in [2.45, 2.75) is 13.5 Å². The molecule has 2 aliphatic rings. The Balaban J connectivity index is 1.57. The van der Waals surface area contributed by atoms with E-state index >= 15 is 0 Å². The molecule has 2 aromatic rings. The lowest BCUT2D eigenvalue weighted by Crippen LogP contribution is -2.40. The number of phenols is 1. The molecule has 1 saturated heterocycles. The first-order chi connectivity index (χ1) is 14.8. The highest BCUT2D eigenvalue weighted by Gasteiger charge is 2.28. The minimum Gasteiger partial charge on any atom is -0.505 e. The third-order valence-corrected chi connectivity index (χ3v) is 5.54. The number of amides is 1. The Morgan fingerprint density at radius 3 is 2.77 bits per heavy atom. The van der Waals surface area contributed by atoms with Crippen molar-refractivity contribution in [2.75, 3.05) is 31.6 Å². The van der Waals surface area contributed by atoms with Crippen LogP contribution in [-0.2, 0) is 21.5 Å². The Labute approximate surface area is 178 Å². The predicted molar refractivity (Wildman–Crippen MR) is 113 cm³/mol. The number of rotatable bonds is 4. The number of para-hydroxylation sites is 1. The maximum atomic E-state index is 12.7. The van der Waals surface area contributed by atoms with E-state index in [1.54, 1.807) is 30.0 Å². The summed E-state index contributed by atoms with van der Waals surface area (Å²) in [5.74, 6) is 0.475. The van der Waals surface area contributed by atoms with Crippen LogP contribution in [0.2, 0.25) is 0 Å². The molecule has 3 heterocycles. The van der Waals surface area contributed by atoms with E-state index in [1.807, 2.05) is 0 Å². The lowest BCUT2D eigenvalue weighted by molar-refractivity contribution is 0.0301. The molecule has 164 valence electrons. The van der Waals surface area contributed by atoms with Crippen LogP contribution in [0.3, 0.4) is 0 Å². The number of aromatic hydroxyl groups is 1. The van der Waals surface area contributed by atoms with Crippen LogP contribution in [0.15, 0.2) is 44.1 Å². The van der Waals surface area contributed by atoms with Crippen molar-refractivity contribution in [1.82, 2.24) is 9.62 Å². The summed E-state index contributed by atoms with van der Waals surface area (Å²) in [7, 11) is -3.98. The zero-order valence-corrected chi connectivity index (χ0v) is 17.5. The quantitative estimate of drug-likeness (QED) is 0.593. The zero-order valence-electron chi connectivity index (χ0n) is 16.7. The molecule has 0 spiro atoms. The second-order valence-corrected chi connectivity index (χ2v) is 8.26. The molecule has 31 heavy (non-hydrogen) atoms. The molecule has 1 amide bonds. The van der Waals surface area contributed by atoms with Gasteiger partial charge in [0.2, 0.25) is 0 Å². The first-order valence-corrected chi connectivity index (χ1v) is 11.0. The number of carbonyl (C=O) groups excluding carboxylic acids is 1. The summed E-state index contributed by atoms with van der Waals surface area (Å²) >= 11 is 0. The molecule has 11 nitrogen and oxygen atoms in total. The molecule has 4 rings (SSSR count). The average molecular weight is 447 g/mol. The third kappa shape index (κ3) is 4.70. The number of nitrogens with zero attached hydrogens (tertiary/aromatic N) is 3. The first-order valence-electron chi connectivity index (χ1n) is 9.51. The first kappa shape index (κ1) is 20.9. The summed E-state index contributed by atoms with van der Waals surface area (Å²) < 4.78 is 40.4. The van der Waals surface area contributed by atoms with Crippen LogP contribution in [0.25, 0.3) is 0 Å². The van der Waals surface area contributed by atoms with Gasteiger partial charge in [-0.1, -0.05) is 6.07 Å². The second kappa shape index (κ2) is 8.40. The summed E-state index contributed by atoms with van der Waals surface area (Å²) in [6.45, 7) is 3.59. The van der Waals surface area contributed by atoms with E-state index in [4.69, 9.17) is 9.15 Å². The van der Waals surface area contributed by atoms with Gasteiger partial charge in [0.1, 0.15) is 11.5 Å². The highest BCUT2D eigenvalue weighted by Crippen LogP contribution is 2.29. The fourth-order valence-electron chi connectivity index (χ4n) is 3.15. The summed E-state index contributed by atoms with van der Waals surface area (Å²) in [6.07, 6.45) is 0. The largest absolute Gasteiger partial charge is 0.505 e. The smallest absolute Gasteiger partial charge is 0.345 e. The van der Waals surface area contributed by atoms with Crippen LogP contribution in [0, 0.1) is 6.92 Å². The van der Waals surface area contributed by atoms with Crippen molar-refractivity contribution in [2.24, 2.45) is 9.39 Å². The van der Waals surface area contributed by atoms with Crippen LogP contribution in [-0.4, -0.2) is 62.3 Å². The number of aliphatic imine (C=N–C) groups is 1. The molecule has 3 N–H and O–H groups in total. The van der Waals surface area contributed by atoms with Crippen LogP contribution in [0.5, 0.6) is 5.75 Å². The van der Waals surface area contributed by atoms with E-state index in [9.17, 15) is 18.3 Å². The number of hydrogen-bond acceptors (Lipinski definition) is 8. The molecule has 0 saturated carbocycles. The topological polar surface area (TPSA) is 146 Å². The molecule has 0 unspecified atom stereocenters. The van der Waals surface area contributed by atoms with Crippen molar-refractivity contribution < 1.29 is 27.5 Å². The van der Waals surface area contributed by atoms with Gasteiger partial charge in [0.25, 0.3) is 5.91 Å². The fraction of sp³-hybridized carbons (Fsp3) is 0.316. The standard InChI is InChI=1S/C19H21N5O6S/c1-12-5-6-13(30-12)11-20-17-18(23-31(27,28)22-17)21-15-4-2-3-14(16(15)25)19(26)24-7-9-29-10-8-24/h2-6,25H,7-11H2,1H3,(H,20,22)(H,21,23). The molecule has 1 fully saturated rings. The maximum absolute atomic E-state index is 12.7. The number of hydrogen-bond donors (Lipinski definition) is 3. The van der Waals surface area contributed by atoms with E-state index in [0.29, 0.717) is 37.8 Å². The van der Waals surface area contributed by atoms with Gasteiger partial charge in [-0.3, -0.25) is 9.79 Å². The monoisotopic (exact) mass is 447 g/mol. The minimum atomic E-state index is -3.98.